The molecule has 2 N–H and O–H groups in total. The zero-order chi connectivity index (χ0) is 12.3. The van der Waals surface area contributed by atoms with Crippen molar-refractivity contribution in [2.75, 3.05) is 5.73 Å². The smallest absolute Gasteiger partial charge is 0.154 e. The van der Waals surface area contributed by atoms with Gasteiger partial charge in [-0.25, -0.2) is 0 Å². The molecule has 0 unspecified atom stereocenters. The molecule has 16 heavy (non-hydrogen) atoms. The molecule has 84 valence electrons. The van der Waals surface area contributed by atoms with Crippen molar-refractivity contribution >= 4 is 16.7 Å². The quantitative estimate of drug-likeness (QED) is 0.735. The molecule has 0 amide bonds. The normalized spacial score (nSPS) is 9.44. The van der Waals surface area contributed by atoms with Gasteiger partial charge in [0.2, 0.25) is 0 Å². The summed E-state index contributed by atoms with van der Waals surface area (Å²) >= 11 is 0. The Kier molecular flexibility index (Phi) is 3.51. The maximum absolute atomic E-state index is 8.92. The van der Waals surface area contributed by atoms with E-state index in [0.717, 1.165) is 16.5 Å². The number of nitrogen functional groups attached to an aromatic ring is 1. The van der Waals surface area contributed by atoms with Crippen LogP contribution in [0.25, 0.3) is 10.9 Å². The van der Waals surface area contributed by atoms with Crippen LogP contribution in [0.5, 0.6) is 0 Å². The molecule has 0 radical (unpaired) electrons. The van der Waals surface area contributed by atoms with Crippen molar-refractivity contribution in [1.29, 1.82) is 5.26 Å². The van der Waals surface area contributed by atoms with Crippen LogP contribution in [0, 0.1) is 18.3 Å². The molecule has 0 saturated heterocycles. The van der Waals surface area contributed by atoms with Gasteiger partial charge in [0.05, 0.1) is 22.5 Å². The van der Waals surface area contributed by atoms with E-state index in [4.69, 9.17) is 11.0 Å². The van der Waals surface area contributed by atoms with Crippen molar-refractivity contribution in [3.05, 3.63) is 23.3 Å². The van der Waals surface area contributed by atoms with E-state index in [9.17, 15) is 0 Å². The lowest BCUT2D eigenvalue weighted by Gasteiger charge is -1.99. The average Bonchev–Trinajstić information content (AvgIpc) is 2.59. The number of nitrogens with two attached hydrogens (primary N) is 1. The maximum Gasteiger partial charge on any atom is 0.154 e. The molecule has 0 atom stereocenters. The van der Waals surface area contributed by atoms with Crippen LogP contribution in [0.2, 0.25) is 0 Å². The summed E-state index contributed by atoms with van der Waals surface area (Å²) in [6, 6.07) is 5.80. The second kappa shape index (κ2) is 4.67. The first-order valence-corrected chi connectivity index (χ1v) is 5.27. The predicted molar refractivity (Wildman–Crippen MR) is 65.9 cm³/mol. The zero-order valence-electron chi connectivity index (χ0n) is 10.1. The molecule has 1 heterocycles. The summed E-state index contributed by atoms with van der Waals surface area (Å²) in [6.45, 7) is 5.98. The van der Waals surface area contributed by atoms with Gasteiger partial charge in [-0.3, -0.25) is 4.68 Å². The van der Waals surface area contributed by atoms with Crippen molar-refractivity contribution in [1.82, 2.24) is 9.78 Å². The third-order valence-corrected chi connectivity index (χ3v) is 2.34. The van der Waals surface area contributed by atoms with Crippen LogP contribution in [-0.4, -0.2) is 9.78 Å². The minimum atomic E-state index is 0.419. The summed E-state index contributed by atoms with van der Waals surface area (Å²) < 4.78 is 1.71. The van der Waals surface area contributed by atoms with Gasteiger partial charge in [0.15, 0.2) is 5.82 Å². The SMILES string of the molecule is CC.Cc1ccc(C#N)c2c(N)nn(C)c12. The van der Waals surface area contributed by atoms with E-state index in [1.54, 1.807) is 10.7 Å². The van der Waals surface area contributed by atoms with Crippen LogP contribution in [-0.2, 0) is 7.05 Å². The van der Waals surface area contributed by atoms with Crippen molar-refractivity contribution in [2.45, 2.75) is 20.8 Å². The molecule has 2 aromatic rings. The molecule has 1 aromatic carbocycles. The minimum Gasteiger partial charge on any atom is -0.382 e. The fourth-order valence-electron chi connectivity index (χ4n) is 1.73. The van der Waals surface area contributed by atoms with Crippen LogP contribution >= 0.6 is 0 Å². The molecule has 0 spiro atoms. The van der Waals surface area contributed by atoms with Crippen LogP contribution in [0.4, 0.5) is 5.82 Å². The number of benzene rings is 1. The molecule has 0 aliphatic carbocycles. The number of hydrogen-bond acceptors (Lipinski definition) is 3. The van der Waals surface area contributed by atoms with Crippen molar-refractivity contribution in [3.63, 3.8) is 0 Å². The van der Waals surface area contributed by atoms with Crippen molar-refractivity contribution < 1.29 is 0 Å². The summed E-state index contributed by atoms with van der Waals surface area (Å²) in [7, 11) is 1.83. The topological polar surface area (TPSA) is 67.6 Å². The summed E-state index contributed by atoms with van der Waals surface area (Å²) in [5.74, 6) is 0.419. The van der Waals surface area contributed by atoms with Gasteiger partial charge in [-0.1, -0.05) is 19.9 Å². The molecular weight excluding hydrogens is 200 g/mol. The largest absolute Gasteiger partial charge is 0.382 e. The highest BCUT2D eigenvalue weighted by Gasteiger charge is 2.11. The Hall–Kier alpha value is -2.02. The van der Waals surface area contributed by atoms with Gasteiger partial charge in [0, 0.05) is 7.05 Å². The van der Waals surface area contributed by atoms with Gasteiger partial charge < -0.3 is 5.73 Å². The van der Waals surface area contributed by atoms with Crippen LogP contribution in [0.15, 0.2) is 12.1 Å². The molecule has 0 bridgehead atoms. The number of rotatable bonds is 0. The highest BCUT2D eigenvalue weighted by molar-refractivity contribution is 5.95. The van der Waals surface area contributed by atoms with E-state index >= 15 is 0 Å². The molecule has 4 nitrogen and oxygen atoms in total. The van der Waals surface area contributed by atoms with Gasteiger partial charge in [0.1, 0.15) is 0 Å². The zero-order valence-corrected chi connectivity index (χ0v) is 10.1. The standard InChI is InChI=1S/C10H10N4.C2H6/c1-6-3-4-7(5-11)8-9(6)14(2)13-10(8)12;1-2/h3-4H,1-2H3,(H2,12,13);1-2H3. The van der Waals surface area contributed by atoms with E-state index in [2.05, 4.69) is 11.2 Å². The lowest BCUT2D eigenvalue weighted by atomic mass is 10.1. The average molecular weight is 216 g/mol. The van der Waals surface area contributed by atoms with E-state index in [1.165, 1.54) is 0 Å². The highest BCUT2D eigenvalue weighted by Crippen LogP contribution is 2.26. The first-order valence-electron chi connectivity index (χ1n) is 5.27. The second-order valence-electron chi connectivity index (χ2n) is 3.27. The third kappa shape index (κ3) is 1.72. The summed E-state index contributed by atoms with van der Waals surface area (Å²) in [4.78, 5) is 0. The first kappa shape index (κ1) is 12.1. The molecule has 0 aliphatic rings. The molecular formula is C12H16N4. The fourth-order valence-corrected chi connectivity index (χ4v) is 1.73. The summed E-state index contributed by atoms with van der Waals surface area (Å²) in [6.07, 6.45) is 0. The van der Waals surface area contributed by atoms with Gasteiger partial charge in [-0.2, -0.15) is 10.4 Å². The van der Waals surface area contributed by atoms with Crippen molar-refractivity contribution in [2.24, 2.45) is 7.05 Å². The van der Waals surface area contributed by atoms with E-state index in [-0.39, 0.29) is 0 Å². The van der Waals surface area contributed by atoms with Crippen molar-refractivity contribution in [3.8, 4) is 6.07 Å². The lowest BCUT2D eigenvalue weighted by molar-refractivity contribution is 0.800. The van der Waals surface area contributed by atoms with Crippen LogP contribution < -0.4 is 5.73 Å². The minimum absolute atomic E-state index is 0.419. The Morgan fingerprint density at radius 3 is 2.56 bits per heavy atom. The van der Waals surface area contributed by atoms with Gasteiger partial charge in [-0.15, -0.1) is 0 Å². The fraction of sp³-hybridized carbons (Fsp3) is 0.333. The van der Waals surface area contributed by atoms with Crippen LogP contribution in [0.1, 0.15) is 25.0 Å². The Balaban J connectivity index is 0.000000606. The Morgan fingerprint density at radius 1 is 1.38 bits per heavy atom. The van der Waals surface area contributed by atoms with Gasteiger partial charge >= 0.3 is 0 Å². The molecule has 0 aliphatic heterocycles. The first-order chi connectivity index (χ1) is 7.65. The summed E-state index contributed by atoms with van der Waals surface area (Å²) in [5.41, 5.74) is 8.33. The van der Waals surface area contributed by atoms with Gasteiger partial charge in [-0.05, 0) is 18.6 Å². The monoisotopic (exact) mass is 216 g/mol. The number of fused-ring (bicyclic) bond motifs is 1. The van der Waals surface area contributed by atoms with E-state index < -0.39 is 0 Å². The second-order valence-corrected chi connectivity index (χ2v) is 3.27. The van der Waals surface area contributed by atoms with E-state index in [1.807, 2.05) is 33.9 Å². The number of aromatic nitrogens is 2. The number of hydrogen-bond donors (Lipinski definition) is 1. The lowest BCUT2D eigenvalue weighted by Crippen LogP contribution is -1.92. The Morgan fingerprint density at radius 2 is 2.00 bits per heavy atom. The third-order valence-electron chi connectivity index (χ3n) is 2.34. The molecule has 1 aromatic heterocycles. The maximum atomic E-state index is 8.92. The van der Waals surface area contributed by atoms with Crippen LogP contribution in [0.3, 0.4) is 0 Å². The molecule has 4 heteroatoms. The molecule has 2 rings (SSSR count). The predicted octanol–water partition coefficient (Wildman–Crippen LogP) is 2.36. The summed E-state index contributed by atoms with van der Waals surface area (Å²) in [5, 5.41) is 13.8. The highest BCUT2D eigenvalue weighted by atomic mass is 15.3. The number of nitriles is 1. The molecule has 0 fully saturated rings. The number of nitrogens with zero attached hydrogens (tertiary/aromatic N) is 3. The van der Waals surface area contributed by atoms with Gasteiger partial charge in [0.25, 0.3) is 0 Å². The Labute approximate surface area is 95.3 Å². The number of anilines is 1. The number of aryl methyl sites for hydroxylation is 2. The Bertz CT molecular complexity index is 546. The van der Waals surface area contributed by atoms with E-state index in [0.29, 0.717) is 11.4 Å². The molecule has 0 saturated carbocycles.